The van der Waals surface area contributed by atoms with E-state index >= 15 is 0 Å². The van der Waals surface area contributed by atoms with Crippen molar-refractivity contribution in [3.05, 3.63) is 17.5 Å². The van der Waals surface area contributed by atoms with Crippen molar-refractivity contribution in [1.82, 2.24) is 4.90 Å². The molecule has 11 heavy (non-hydrogen) atoms. The first-order valence-electron chi connectivity index (χ1n) is 3.30. The highest BCUT2D eigenvalue weighted by molar-refractivity contribution is 8.03. The highest BCUT2D eigenvalue weighted by atomic mass is 32.2. The molecule has 1 radical (unpaired) electrons. The van der Waals surface area contributed by atoms with Gasteiger partial charge >= 0.3 is 6.55 Å². The number of nitrogens with zero attached hydrogens (tertiary/aromatic N) is 1. The number of hydrogen-bond donors (Lipinski definition) is 0. The first-order valence-corrected chi connectivity index (χ1v) is 4.25. The van der Waals surface area contributed by atoms with Gasteiger partial charge in [-0.1, -0.05) is 13.8 Å². The standard InChI is InChI=1S/C7H10F2NS/c1-5(2)6-10(7(8)9)3-4-11-6/h3-4,6-7H,1-2H3. The predicted molar refractivity (Wildman–Crippen MR) is 43.0 cm³/mol. The summed E-state index contributed by atoms with van der Waals surface area (Å²) >= 11 is 1.42. The third kappa shape index (κ3) is 1.86. The molecule has 0 aromatic carbocycles. The van der Waals surface area contributed by atoms with Gasteiger partial charge in [-0.2, -0.15) is 8.78 Å². The van der Waals surface area contributed by atoms with Crippen LogP contribution in [0.25, 0.3) is 0 Å². The van der Waals surface area contributed by atoms with E-state index in [1.54, 1.807) is 5.41 Å². The second-order valence-electron chi connectivity index (χ2n) is 2.58. The molecule has 0 aromatic rings. The van der Waals surface area contributed by atoms with Crippen LogP contribution in [0, 0.1) is 5.92 Å². The number of alkyl halides is 2. The Morgan fingerprint density at radius 3 is 2.55 bits per heavy atom. The molecular weight excluding hydrogens is 168 g/mol. The van der Waals surface area contributed by atoms with E-state index in [1.807, 2.05) is 13.8 Å². The molecule has 1 nitrogen and oxygen atoms in total. The van der Waals surface area contributed by atoms with E-state index in [1.165, 1.54) is 18.0 Å². The second kappa shape index (κ2) is 3.43. The fraction of sp³-hybridized carbons (Fsp3) is 0.571. The Balaban J connectivity index is 2.56. The van der Waals surface area contributed by atoms with Gasteiger partial charge in [0.1, 0.15) is 0 Å². The van der Waals surface area contributed by atoms with Gasteiger partial charge in [0.05, 0.1) is 5.37 Å². The summed E-state index contributed by atoms with van der Waals surface area (Å²) in [5, 5.41) is 1.53. The van der Waals surface area contributed by atoms with Crippen molar-refractivity contribution in [2.75, 3.05) is 0 Å². The zero-order valence-electron chi connectivity index (χ0n) is 6.42. The van der Waals surface area contributed by atoms with Crippen molar-refractivity contribution in [3.63, 3.8) is 0 Å². The fourth-order valence-corrected chi connectivity index (χ4v) is 1.86. The van der Waals surface area contributed by atoms with Crippen LogP contribution in [0.4, 0.5) is 8.78 Å². The average Bonchev–Trinajstić information content (AvgIpc) is 2.32. The molecule has 0 spiro atoms. The molecular formula is C7H10F2NS. The van der Waals surface area contributed by atoms with Crippen LogP contribution in [-0.4, -0.2) is 16.8 Å². The molecule has 0 aliphatic carbocycles. The molecule has 0 fully saturated rings. The number of halogens is 2. The van der Waals surface area contributed by atoms with E-state index < -0.39 is 6.55 Å². The maximum Gasteiger partial charge on any atom is 0.315 e. The molecule has 0 saturated carbocycles. The van der Waals surface area contributed by atoms with Crippen LogP contribution in [0.15, 0.2) is 11.6 Å². The molecule has 1 aliphatic heterocycles. The summed E-state index contributed by atoms with van der Waals surface area (Å²) in [6, 6.07) is 0. The Kier molecular flexibility index (Phi) is 2.76. The minimum atomic E-state index is -2.39. The second-order valence-corrected chi connectivity index (χ2v) is 3.57. The van der Waals surface area contributed by atoms with Crippen LogP contribution in [-0.2, 0) is 0 Å². The van der Waals surface area contributed by atoms with Crippen molar-refractivity contribution in [1.29, 1.82) is 0 Å². The molecule has 1 heterocycles. The number of thioether (sulfide) groups is 1. The molecule has 0 amide bonds. The van der Waals surface area contributed by atoms with E-state index in [0.29, 0.717) is 0 Å². The van der Waals surface area contributed by atoms with Crippen LogP contribution in [0.2, 0.25) is 0 Å². The number of hydrogen-bond acceptors (Lipinski definition) is 2. The van der Waals surface area contributed by atoms with Gasteiger partial charge in [-0.25, -0.2) is 0 Å². The molecule has 0 N–H and O–H groups in total. The van der Waals surface area contributed by atoms with Gasteiger partial charge in [0, 0.05) is 12.1 Å². The SMILES string of the molecule is C[C](C)C1SC=CN1C(F)F. The molecule has 1 unspecified atom stereocenters. The summed E-state index contributed by atoms with van der Waals surface area (Å²) < 4.78 is 24.4. The quantitative estimate of drug-likeness (QED) is 0.598. The summed E-state index contributed by atoms with van der Waals surface area (Å²) in [6.45, 7) is 1.33. The zero-order valence-corrected chi connectivity index (χ0v) is 7.24. The van der Waals surface area contributed by atoms with Crippen molar-refractivity contribution in [3.8, 4) is 0 Å². The summed E-state index contributed by atoms with van der Waals surface area (Å²) in [5.41, 5.74) is 0. The molecule has 0 saturated heterocycles. The topological polar surface area (TPSA) is 3.24 Å². The van der Waals surface area contributed by atoms with E-state index in [4.69, 9.17) is 0 Å². The van der Waals surface area contributed by atoms with Crippen LogP contribution in [0.5, 0.6) is 0 Å². The van der Waals surface area contributed by atoms with Crippen LogP contribution in [0.1, 0.15) is 13.8 Å². The minimum Gasteiger partial charge on any atom is -0.309 e. The van der Waals surface area contributed by atoms with Gasteiger partial charge in [0.15, 0.2) is 0 Å². The highest BCUT2D eigenvalue weighted by Crippen LogP contribution is 2.33. The van der Waals surface area contributed by atoms with Gasteiger partial charge in [-0.05, 0) is 5.41 Å². The van der Waals surface area contributed by atoms with Crippen molar-refractivity contribution < 1.29 is 8.78 Å². The van der Waals surface area contributed by atoms with Crippen molar-refractivity contribution in [2.45, 2.75) is 25.8 Å². The maximum atomic E-state index is 12.2. The van der Waals surface area contributed by atoms with Crippen LogP contribution >= 0.6 is 11.8 Å². The van der Waals surface area contributed by atoms with Gasteiger partial charge in [0.2, 0.25) is 0 Å². The normalized spacial score (nSPS) is 24.2. The lowest BCUT2D eigenvalue weighted by Gasteiger charge is -2.26. The van der Waals surface area contributed by atoms with E-state index in [0.717, 1.165) is 10.8 Å². The van der Waals surface area contributed by atoms with Crippen molar-refractivity contribution in [2.24, 2.45) is 0 Å². The highest BCUT2D eigenvalue weighted by Gasteiger charge is 2.28. The zero-order chi connectivity index (χ0) is 8.43. The summed E-state index contributed by atoms with van der Waals surface area (Å²) in [7, 11) is 0. The lowest BCUT2D eigenvalue weighted by Crippen LogP contribution is -2.32. The van der Waals surface area contributed by atoms with Crippen molar-refractivity contribution >= 4 is 11.8 Å². The fourth-order valence-electron chi connectivity index (χ4n) is 0.930. The van der Waals surface area contributed by atoms with E-state index in [9.17, 15) is 8.78 Å². The molecule has 0 aromatic heterocycles. The summed E-state index contributed by atoms with van der Waals surface area (Å²) in [4.78, 5) is 1.06. The Bertz CT molecular complexity index is 159. The van der Waals surface area contributed by atoms with Gasteiger partial charge in [-0.3, -0.25) is 0 Å². The molecule has 63 valence electrons. The van der Waals surface area contributed by atoms with E-state index in [2.05, 4.69) is 0 Å². The first-order chi connectivity index (χ1) is 5.13. The molecule has 4 heteroatoms. The summed E-state index contributed by atoms with van der Waals surface area (Å²) in [6.07, 6.45) is 1.44. The van der Waals surface area contributed by atoms with Gasteiger partial charge in [-0.15, -0.1) is 11.8 Å². The van der Waals surface area contributed by atoms with Gasteiger partial charge < -0.3 is 4.90 Å². The summed E-state index contributed by atoms with van der Waals surface area (Å²) in [5.74, 6) is 1.00. The van der Waals surface area contributed by atoms with E-state index in [-0.39, 0.29) is 5.37 Å². The van der Waals surface area contributed by atoms with Crippen LogP contribution < -0.4 is 0 Å². The average molecular weight is 178 g/mol. The Hall–Kier alpha value is -0.250. The molecule has 1 aliphatic rings. The predicted octanol–water partition coefficient (Wildman–Crippen LogP) is 2.67. The minimum absolute atomic E-state index is 0.171. The molecule has 1 rings (SSSR count). The Labute approximate surface area is 69.4 Å². The lowest BCUT2D eigenvalue weighted by molar-refractivity contribution is 0.00382. The Morgan fingerprint density at radius 2 is 2.18 bits per heavy atom. The smallest absolute Gasteiger partial charge is 0.309 e. The molecule has 1 atom stereocenters. The largest absolute Gasteiger partial charge is 0.315 e. The number of rotatable bonds is 2. The maximum absolute atomic E-state index is 12.2. The van der Waals surface area contributed by atoms with Gasteiger partial charge in [0.25, 0.3) is 0 Å². The Morgan fingerprint density at radius 1 is 1.55 bits per heavy atom. The molecule has 0 bridgehead atoms. The third-order valence-corrected chi connectivity index (χ3v) is 2.68. The first kappa shape index (κ1) is 8.84. The lowest BCUT2D eigenvalue weighted by atomic mass is 10.2. The van der Waals surface area contributed by atoms with Crippen LogP contribution in [0.3, 0.4) is 0 Å². The third-order valence-electron chi connectivity index (χ3n) is 1.43. The monoisotopic (exact) mass is 178 g/mol.